The number of thiazole rings is 1. The van der Waals surface area contributed by atoms with E-state index in [0.717, 1.165) is 21.1 Å². The maximum atomic E-state index is 5.41. The van der Waals surface area contributed by atoms with E-state index in [0.29, 0.717) is 5.95 Å². The van der Waals surface area contributed by atoms with E-state index in [4.69, 9.17) is 5.73 Å². The highest BCUT2D eigenvalue weighted by atomic mass is 32.1. The van der Waals surface area contributed by atoms with Crippen molar-refractivity contribution in [3.05, 3.63) is 23.1 Å². The van der Waals surface area contributed by atoms with Crippen LogP contribution in [-0.2, 0) is 0 Å². The first-order valence-corrected chi connectivity index (χ1v) is 5.00. The molecule has 0 radical (unpaired) electrons. The lowest BCUT2D eigenvalue weighted by atomic mass is 10.2. The fourth-order valence-electron chi connectivity index (χ4n) is 1.25. The van der Waals surface area contributed by atoms with Crippen molar-refractivity contribution in [1.29, 1.82) is 0 Å². The summed E-state index contributed by atoms with van der Waals surface area (Å²) in [4.78, 5) is 13.4. The van der Waals surface area contributed by atoms with Gasteiger partial charge < -0.3 is 5.73 Å². The third-order valence-electron chi connectivity index (χ3n) is 1.84. The van der Waals surface area contributed by atoms with E-state index in [1.807, 2.05) is 13.8 Å². The summed E-state index contributed by atoms with van der Waals surface area (Å²) < 4.78 is 0. The summed E-state index contributed by atoms with van der Waals surface area (Å²) in [6, 6.07) is 0. The van der Waals surface area contributed by atoms with Gasteiger partial charge in [0.1, 0.15) is 0 Å². The highest BCUT2D eigenvalue weighted by Gasteiger charge is 2.07. The fraction of sp³-hybridized carbons (Fsp3) is 0.222. The normalized spacial score (nSPS) is 10.4. The fourth-order valence-corrected chi connectivity index (χ4v) is 2.15. The number of nitrogen functional groups attached to an aromatic ring is 1. The van der Waals surface area contributed by atoms with Gasteiger partial charge in [-0.25, -0.2) is 15.0 Å². The minimum Gasteiger partial charge on any atom is -0.368 e. The molecule has 0 spiro atoms. The number of anilines is 1. The SMILES string of the molecule is Cc1nc(C)c(-c2cnc(N)nc2)s1. The number of hydrogen-bond acceptors (Lipinski definition) is 5. The van der Waals surface area contributed by atoms with E-state index >= 15 is 0 Å². The van der Waals surface area contributed by atoms with Crippen molar-refractivity contribution >= 4 is 17.3 Å². The molecule has 14 heavy (non-hydrogen) atoms. The Morgan fingerprint density at radius 2 is 1.86 bits per heavy atom. The van der Waals surface area contributed by atoms with Crippen molar-refractivity contribution in [2.45, 2.75) is 13.8 Å². The van der Waals surface area contributed by atoms with Gasteiger partial charge in [-0.05, 0) is 13.8 Å². The Morgan fingerprint density at radius 1 is 1.21 bits per heavy atom. The molecule has 2 heterocycles. The maximum Gasteiger partial charge on any atom is 0.219 e. The van der Waals surface area contributed by atoms with Gasteiger partial charge >= 0.3 is 0 Å². The molecule has 0 aliphatic rings. The van der Waals surface area contributed by atoms with Gasteiger partial charge in [0.15, 0.2) is 0 Å². The predicted molar refractivity (Wildman–Crippen MR) is 57.0 cm³/mol. The molecule has 2 N–H and O–H groups in total. The Kier molecular flexibility index (Phi) is 2.17. The molecule has 0 bridgehead atoms. The van der Waals surface area contributed by atoms with Gasteiger partial charge in [0.05, 0.1) is 15.6 Å². The molecule has 0 amide bonds. The van der Waals surface area contributed by atoms with Crippen molar-refractivity contribution in [3.63, 3.8) is 0 Å². The quantitative estimate of drug-likeness (QED) is 0.772. The Morgan fingerprint density at radius 3 is 2.36 bits per heavy atom. The van der Waals surface area contributed by atoms with E-state index < -0.39 is 0 Å². The van der Waals surface area contributed by atoms with Gasteiger partial charge in [-0.2, -0.15) is 0 Å². The Balaban J connectivity index is 2.49. The number of aromatic nitrogens is 3. The van der Waals surface area contributed by atoms with Crippen LogP contribution in [0, 0.1) is 13.8 Å². The zero-order chi connectivity index (χ0) is 10.1. The summed E-state index contributed by atoms with van der Waals surface area (Å²) in [5.41, 5.74) is 7.40. The zero-order valence-corrected chi connectivity index (χ0v) is 8.80. The van der Waals surface area contributed by atoms with Crippen molar-refractivity contribution in [2.24, 2.45) is 0 Å². The van der Waals surface area contributed by atoms with Crippen molar-refractivity contribution in [2.75, 3.05) is 5.73 Å². The van der Waals surface area contributed by atoms with Crippen LogP contribution in [0.1, 0.15) is 10.7 Å². The highest BCUT2D eigenvalue weighted by Crippen LogP contribution is 2.28. The molecule has 0 unspecified atom stereocenters. The van der Waals surface area contributed by atoms with Gasteiger partial charge in [0.2, 0.25) is 5.95 Å². The average Bonchev–Trinajstić information content (AvgIpc) is 2.47. The largest absolute Gasteiger partial charge is 0.368 e. The number of hydrogen-bond donors (Lipinski definition) is 1. The van der Waals surface area contributed by atoms with E-state index in [2.05, 4.69) is 15.0 Å². The molecule has 4 nitrogen and oxygen atoms in total. The smallest absolute Gasteiger partial charge is 0.219 e. The monoisotopic (exact) mass is 206 g/mol. The van der Waals surface area contributed by atoms with Crippen LogP contribution in [0.4, 0.5) is 5.95 Å². The number of nitrogens with two attached hydrogens (primary N) is 1. The van der Waals surface area contributed by atoms with E-state index in [-0.39, 0.29) is 0 Å². The van der Waals surface area contributed by atoms with Crippen molar-refractivity contribution in [1.82, 2.24) is 15.0 Å². The second-order valence-corrected chi connectivity index (χ2v) is 4.18. The van der Waals surface area contributed by atoms with Crippen LogP contribution in [0.3, 0.4) is 0 Å². The van der Waals surface area contributed by atoms with Crippen LogP contribution in [0.2, 0.25) is 0 Å². The van der Waals surface area contributed by atoms with Crippen LogP contribution in [0.25, 0.3) is 10.4 Å². The Hall–Kier alpha value is -1.49. The van der Waals surface area contributed by atoms with Gasteiger partial charge in [-0.15, -0.1) is 11.3 Å². The third kappa shape index (κ3) is 1.58. The minimum atomic E-state index is 0.299. The van der Waals surface area contributed by atoms with Crippen molar-refractivity contribution in [3.8, 4) is 10.4 Å². The third-order valence-corrected chi connectivity index (χ3v) is 2.96. The van der Waals surface area contributed by atoms with Gasteiger partial charge in [0.25, 0.3) is 0 Å². The highest BCUT2D eigenvalue weighted by molar-refractivity contribution is 7.15. The first kappa shape index (κ1) is 9.08. The van der Waals surface area contributed by atoms with Gasteiger partial charge in [-0.1, -0.05) is 0 Å². The molecule has 0 aliphatic carbocycles. The van der Waals surface area contributed by atoms with Crippen LogP contribution < -0.4 is 5.73 Å². The first-order chi connectivity index (χ1) is 6.66. The summed E-state index contributed by atoms with van der Waals surface area (Å²) in [6.45, 7) is 3.97. The van der Waals surface area contributed by atoms with E-state index in [9.17, 15) is 0 Å². The number of rotatable bonds is 1. The van der Waals surface area contributed by atoms with Crippen LogP contribution in [0.15, 0.2) is 12.4 Å². The lowest BCUT2D eigenvalue weighted by Crippen LogP contribution is -1.93. The van der Waals surface area contributed by atoms with Crippen LogP contribution in [-0.4, -0.2) is 15.0 Å². The summed E-state index contributed by atoms with van der Waals surface area (Å²) in [5, 5.41) is 1.05. The molecular formula is C9H10N4S. The second kappa shape index (κ2) is 3.34. The molecule has 2 aromatic rings. The van der Waals surface area contributed by atoms with E-state index in [1.54, 1.807) is 23.7 Å². The zero-order valence-electron chi connectivity index (χ0n) is 7.98. The Labute approximate surface area is 85.9 Å². The molecule has 0 aromatic carbocycles. The molecule has 0 saturated heterocycles. The molecule has 0 fully saturated rings. The summed E-state index contributed by atoms with van der Waals surface area (Å²) in [7, 11) is 0. The lowest BCUT2D eigenvalue weighted by molar-refractivity contribution is 1.17. The molecule has 5 heteroatoms. The average molecular weight is 206 g/mol. The molecule has 0 saturated carbocycles. The molecular weight excluding hydrogens is 196 g/mol. The van der Waals surface area contributed by atoms with Crippen LogP contribution >= 0.6 is 11.3 Å². The van der Waals surface area contributed by atoms with Crippen molar-refractivity contribution < 1.29 is 0 Å². The number of aryl methyl sites for hydroxylation is 2. The summed E-state index contributed by atoms with van der Waals surface area (Å²) in [6.07, 6.45) is 3.45. The topological polar surface area (TPSA) is 64.7 Å². The second-order valence-electron chi connectivity index (χ2n) is 2.98. The first-order valence-electron chi connectivity index (χ1n) is 4.19. The maximum absolute atomic E-state index is 5.41. The molecule has 0 atom stereocenters. The standard InChI is InChI=1S/C9H10N4S/c1-5-8(14-6(2)13-5)7-3-11-9(10)12-4-7/h3-4H,1-2H3,(H2,10,11,12). The summed E-state index contributed by atoms with van der Waals surface area (Å²) in [5.74, 6) is 0.299. The van der Waals surface area contributed by atoms with E-state index in [1.165, 1.54) is 0 Å². The minimum absolute atomic E-state index is 0.299. The van der Waals surface area contributed by atoms with Gasteiger partial charge in [0, 0.05) is 18.0 Å². The Bertz CT molecular complexity index is 446. The molecule has 2 aromatic heterocycles. The lowest BCUT2D eigenvalue weighted by Gasteiger charge is -1.97. The predicted octanol–water partition coefficient (Wildman–Crippen LogP) is 1.80. The van der Waals surface area contributed by atoms with Crippen LogP contribution in [0.5, 0.6) is 0 Å². The van der Waals surface area contributed by atoms with Gasteiger partial charge in [-0.3, -0.25) is 0 Å². The molecule has 72 valence electrons. The summed E-state index contributed by atoms with van der Waals surface area (Å²) >= 11 is 1.64. The molecule has 2 rings (SSSR count). The molecule has 0 aliphatic heterocycles. The number of nitrogens with zero attached hydrogens (tertiary/aromatic N) is 3.